The van der Waals surface area contributed by atoms with Gasteiger partial charge in [-0.15, -0.1) is 0 Å². The third-order valence-corrected chi connectivity index (χ3v) is 4.92. The molecule has 0 N–H and O–H groups in total. The van der Waals surface area contributed by atoms with Crippen molar-refractivity contribution in [2.24, 2.45) is 9.98 Å². The summed E-state index contributed by atoms with van der Waals surface area (Å²) in [6.07, 6.45) is 0. The number of hydrogen-bond donors (Lipinski definition) is 0. The molecule has 0 bridgehead atoms. The van der Waals surface area contributed by atoms with Crippen LogP contribution in [0.1, 0.15) is 10.4 Å². The molecule has 7 heteroatoms. The molecule has 19 heavy (non-hydrogen) atoms. The molecular formula is C12H11N3O2S2. The maximum atomic E-state index is 12.1. The van der Waals surface area contributed by atoms with Gasteiger partial charge in [0, 0.05) is 12.1 Å². The Labute approximate surface area is 118 Å². The first-order valence-electron chi connectivity index (χ1n) is 5.71. The largest absolute Gasteiger partial charge is 0.497 e. The summed E-state index contributed by atoms with van der Waals surface area (Å²) in [4.78, 5) is 22.6. The van der Waals surface area contributed by atoms with Gasteiger partial charge in [-0.25, -0.2) is 0 Å². The van der Waals surface area contributed by atoms with Gasteiger partial charge in [0.1, 0.15) is 5.75 Å². The Kier molecular flexibility index (Phi) is 3.48. The number of carbonyl (C=O) groups is 1. The molecule has 2 heterocycles. The highest BCUT2D eigenvalue weighted by Crippen LogP contribution is 2.38. The fraction of sp³-hybridized carbons (Fsp3) is 0.250. The van der Waals surface area contributed by atoms with E-state index in [0.717, 1.165) is 18.3 Å². The smallest absolute Gasteiger partial charge is 0.279 e. The minimum Gasteiger partial charge on any atom is -0.497 e. The van der Waals surface area contributed by atoms with Gasteiger partial charge in [0.25, 0.3) is 5.91 Å². The molecule has 0 atom stereocenters. The number of rotatable bonds is 2. The minimum absolute atomic E-state index is 0.254. The molecule has 0 spiro atoms. The number of benzene rings is 1. The minimum atomic E-state index is -0.254. The van der Waals surface area contributed by atoms with Crippen LogP contribution in [0.2, 0.25) is 0 Å². The molecule has 2 aliphatic heterocycles. The first-order chi connectivity index (χ1) is 9.28. The van der Waals surface area contributed by atoms with Crippen molar-refractivity contribution in [2.45, 2.75) is 0 Å². The standard InChI is InChI=1S/C12H11N3O2S2/c1-17-9-4-2-3-8(7-9)10(16)14-12-15-6-5-13-11(15)18-19-12/h2-4,7H,5-6H2,1H3. The first-order valence-corrected chi connectivity index (χ1v) is 7.86. The average molecular weight is 293 g/mol. The second-order valence-electron chi connectivity index (χ2n) is 3.91. The van der Waals surface area contributed by atoms with Gasteiger partial charge in [0.15, 0.2) is 10.3 Å². The Morgan fingerprint density at radius 2 is 2.37 bits per heavy atom. The second-order valence-corrected chi connectivity index (χ2v) is 5.98. The van der Waals surface area contributed by atoms with Crippen molar-refractivity contribution in [2.75, 3.05) is 20.2 Å². The van der Waals surface area contributed by atoms with E-state index in [4.69, 9.17) is 4.74 Å². The topological polar surface area (TPSA) is 54.3 Å². The van der Waals surface area contributed by atoms with Crippen molar-refractivity contribution >= 4 is 37.8 Å². The Morgan fingerprint density at radius 1 is 1.47 bits per heavy atom. The summed E-state index contributed by atoms with van der Waals surface area (Å²) in [6.45, 7) is 1.58. The third-order valence-electron chi connectivity index (χ3n) is 2.74. The number of hydrogen-bond acceptors (Lipinski definition) is 5. The lowest BCUT2D eigenvalue weighted by Gasteiger charge is -2.09. The molecule has 0 unspecified atom stereocenters. The summed E-state index contributed by atoms with van der Waals surface area (Å²) < 4.78 is 5.10. The number of aliphatic imine (C=N–C) groups is 2. The molecule has 0 aliphatic carbocycles. The molecule has 1 fully saturated rings. The zero-order valence-electron chi connectivity index (χ0n) is 10.2. The van der Waals surface area contributed by atoms with Crippen molar-refractivity contribution in [1.29, 1.82) is 0 Å². The van der Waals surface area contributed by atoms with Gasteiger partial charge in [-0.05, 0) is 39.8 Å². The normalized spacial score (nSPS) is 19.5. The molecule has 1 aromatic rings. The molecule has 2 aliphatic rings. The third kappa shape index (κ3) is 2.48. The van der Waals surface area contributed by atoms with Crippen LogP contribution in [-0.2, 0) is 0 Å². The number of fused-ring (bicyclic) bond motifs is 1. The Bertz CT molecular complexity index is 586. The molecule has 1 saturated heterocycles. The molecule has 0 radical (unpaired) electrons. The van der Waals surface area contributed by atoms with Crippen LogP contribution < -0.4 is 4.74 Å². The highest BCUT2D eigenvalue weighted by molar-refractivity contribution is 8.88. The van der Waals surface area contributed by atoms with E-state index in [2.05, 4.69) is 9.98 Å². The van der Waals surface area contributed by atoms with Crippen LogP contribution in [0.3, 0.4) is 0 Å². The monoisotopic (exact) mass is 293 g/mol. The molecule has 1 amide bonds. The fourth-order valence-electron chi connectivity index (χ4n) is 1.78. The van der Waals surface area contributed by atoms with E-state index in [0.29, 0.717) is 16.5 Å². The van der Waals surface area contributed by atoms with Gasteiger partial charge in [-0.2, -0.15) is 4.99 Å². The molecule has 0 saturated carbocycles. The maximum Gasteiger partial charge on any atom is 0.279 e. The fourth-order valence-corrected chi connectivity index (χ4v) is 4.04. The van der Waals surface area contributed by atoms with Crippen LogP contribution in [0.25, 0.3) is 0 Å². The lowest BCUT2D eigenvalue weighted by Crippen LogP contribution is -2.26. The predicted molar refractivity (Wildman–Crippen MR) is 78.9 cm³/mol. The molecule has 5 nitrogen and oxygen atoms in total. The zero-order valence-corrected chi connectivity index (χ0v) is 11.8. The van der Waals surface area contributed by atoms with Crippen molar-refractivity contribution < 1.29 is 9.53 Å². The highest BCUT2D eigenvalue weighted by atomic mass is 33.1. The Morgan fingerprint density at radius 3 is 3.21 bits per heavy atom. The number of amidine groups is 2. The van der Waals surface area contributed by atoms with Gasteiger partial charge >= 0.3 is 0 Å². The van der Waals surface area contributed by atoms with E-state index in [-0.39, 0.29) is 5.91 Å². The van der Waals surface area contributed by atoms with Crippen molar-refractivity contribution in [3.8, 4) is 5.75 Å². The lowest BCUT2D eigenvalue weighted by atomic mass is 10.2. The van der Waals surface area contributed by atoms with Crippen LogP contribution in [0, 0.1) is 0 Å². The number of nitrogens with zero attached hydrogens (tertiary/aromatic N) is 3. The van der Waals surface area contributed by atoms with Gasteiger partial charge in [0.05, 0.1) is 13.7 Å². The SMILES string of the molecule is COc1cccc(C(=O)N=C2SSC3=NCCN32)c1. The Hall–Kier alpha value is -1.47. The quantitative estimate of drug-likeness (QED) is 0.783. The van der Waals surface area contributed by atoms with E-state index < -0.39 is 0 Å². The van der Waals surface area contributed by atoms with Crippen molar-refractivity contribution in [3.63, 3.8) is 0 Å². The van der Waals surface area contributed by atoms with E-state index in [1.165, 1.54) is 10.8 Å². The number of carbonyl (C=O) groups excluding carboxylic acids is 1. The Balaban J connectivity index is 1.83. The van der Waals surface area contributed by atoms with Crippen LogP contribution in [0.5, 0.6) is 5.75 Å². The van der Waals surface area contributed by atoms with Gasteiger partial charge in [0.2, 0.25) is 0 Å². The molecular weight excluding hydrogens is 282 g/mol. The first kappa shape index (κ1) is 12.6. The van der Waals surface area contributed by atoms with Gasteiger partial charge in [-0.3, -0.25) is 14.7 Å². The lowest BCUT2D eigenvalue weighted by molar-refractivity contribution is 0.100. The average Bonchev–Trinajstić information content (AvgIpc) is 3.04. The van der Waals surface area contributed by atoms with Crippen molar-refractivity contribution in [3.05, 3.63) is 29.8 Å². The number of methoxy groups -OCH3 is 1. The van der Waals surface area contributed by atoms with Gasteiger partial charge in [-0.1, -0.05) is 6.07 Å². The molecule has 1 aromatic carbocycles. The summed E-state index contributed by atoms with van der Waals surface area (Å²) in [7, 11) is 4.60. The molecule has 0 aromatic heterocycles. The predicted octanol–water partition coefficient (Wildman–Crippen LogP) is 2.26. The van der Waals surface area contributed by atoms with E-state index in [1.807, 2.05) is 4.90 Å². The number of amides is 1. The summed E-state index contributed by atoms with van der Waals surface area (Å²) in [6, 6.07) is 7.01. The van der Waals surface area contributed by atoms with Crippen LogP contribution >= 0.6 is 21.6 Å². The van der Waals surface area contributed by atoms with Gasteiger partial charge < -0.3 is 4.74 Å². The van der Waals surface area contributed by atoms with E-state index in [1.54, 1.807) is 42.2 Å². The summed E-state index contributed by atoms with van der Waals surface area (Å²) in [5.74, 6) is 0.401. The van der Waals surface area contributed by atoms with Crippen molar-refractivity contribution in [1.82, 2.24) is 4.90 Å². The summed E-state index contributed by atoms with van der Waals surface area (Å²) in [5.41, 5.74) is 0.530. The van der Waals surface area contributed by atoms with Crippen LogP contribution in [0.15, 0.2) is 34.3 Å². The summed E-state index contributed by atoms with van der Waals surface area (Å²) >= 11 is 0. The highest BCUT2D eigenvalue weighted by Gasteiger charge is 2.31. The molecule has 3 rings (SSSR count). The maximum absolute atomic E-state index is 12.1. The van der Waals surface area contributed by atoms with E-state index in [9.17, 15) is 4.79 Å². The zero-order chi connectivity index (χ0) is 13.2. The van der Waals surface area contributed by atoms with E-state index >= 15 is 0 Å². The second kappa shape index (κ2) is 5.26. The molecule has 98 valence electrons. The number of ether oxygens (including phenoxy) is 1. The van der Waals surface area contributed by atoms with Crippen LogP contribution in [-0.4, -0.2) is 41.3 Å². The summed E-state index contributed by atoms with van der Waals surface area (Å²) in [5, 5.41) is 1.66. The van der Waals surface area contributed by atoms with Crippen LogP contribution in [0.4, 0.5) is 0 Å².